The summed E-state index contributed by atoms with van der Waals surface area (Å²) in [5, 5.41) is 10.7. The zero-order chi connectivity index (χ0) is 12.3. The summed E-state index contributed by atoms with van der Waals surface area (Å²) in [7, 11) is 0. The van der Waals surface area contributed by atoms with E-state index in [0.29, 0.717) is 5.92 Å². The van der Waals surface area contributed by atoms with Crippen LogP contribution in [-0.4, -0.2) is 29.6 Å². The Morgan fingerprint density at radius 3 is 2.29 bits per heavy atom. The van der Waals surface area contributed by atoms with Crippen molar-refractivity contribution in [2.75, 3.05) is 19.6 Å². The smallest absolute Gasteiger partial charge is 0.0920 e. The maximum Gasteiger partial charge on any atom is 0.0920 e. The van der Waals surface area contributed by atoms with Gasteiger partial charge in [0.05, 0.1) is 5.60 Å². The number of piperidine rings is 1. The fourth-order valence-electron chi connectivity index (χ4n) is 2.66. The highest BCUT2D eigenvalue weighted by atomic mass is 16.3. The van der Waals surface area contributed by atoms with Crippen molar-refractivity contribution in [1.29, 1.82) is 0 Å². The van der Waals surface area contributed by atoms with Crippen LogP contribution < -0.4 is 0 Å². The van der Waals surface area contributed by atoms with Gasteiger partial charge in [-0.2, -0.15) is 0 Å². The Morgan fingerprint density at radius 1 is 1.18 bits per heavy atom. The van der Waals surface area contributed by atoms with E-state index in [1.807, 2.05) is 30.3 Å². The van der Waals surface area contributed by atoms with E-state index in [4.69, 9.17) is 0 Å². The fourth-order valence-corrected chi connectivity index (χ4v) is 2.66. The van der Waals surface area contributed by atoms with Gasteiger partial charge in [-0.1, -0.05) is 44.2 Å². The summed E-state index contributed by atoms with van der Waals surface area (Å²) in [6.45, 7) is 7.65. The number of benzene rings is 1. The third-order valence-electron chi connectivity index (χ3n) is 3.62. The maximum absolute atomic E-state index is 10.7. The van der Waals surface area contributed by atoms with E-state index in [1.54, 1.807) is 0 Å². The number of hydrogen-bond acceptors (Lipinski definition) is 2. The van der Waals surface area contributed by atoms with Crippen molar-refractivity contribution >= 4 is 0 Å². The molecule has 94 valence electrons. The minimum Gasteiger partial charge on any atom is -0.385 e. The zero-order valence-corrected chi connectivity index (χ0v) is 10.9. The topological polar surface area (TPSA) is 23.5 Å². The molecule has 1 aromatic carbocycles. The van der Waals surface area contributed by atoms with Gasteiger partial charge < -0.3 is 10.0 Å². The summed E-state index contributed by atoms with van der Waals surface area (Å²) in [6.07, 6.45) is 1.70. The molecule has 0 amide bonds. The molecule has 1 heterocycles. The molecule has 2 heteroatoms. The number of nitrogens with zero attached hydrogens (tertiary/aromatic N) is 1. The van der Waals surface area contributed by atoms with Crippen LogP contribution in [0.3, 0.4) is 0 Å². The fraction of sp³-hybridized carbons (Fsp3) is 0.600. The van der Waals surface area contributed by atoms with E-state index in [2.05, 4.69) is 18.7 Å². The quantitative estimate of drug-likeness (QED) is 0.867. The largest absolute Gasteiger partial charge is 0.385 e. The predicted octanol–water partition coefficient (Wildman–Crippen LogP) is 2.63. The van der Waals surface area contributed by atoms with E-state index in [9.17, 15) is 5.11 Å². The van der Waals surface area contributed by atoms with E-state index in [0.717, 1.165) is 38.0 Å². The van der Waals surface area contributed by atoms with Crippen LogP contribution >= 0.6 is 0 Å². The number of rotatable bonds is 3. The van der Waals surface area contributed by atoms with Crippen molar-refractivity contribution in [3.8, 4) is 0 Å². The molecule has 0 unspecified atom stereocenters. The van der Waals surface area contributed by atoms with Crippen molar-refractivity contribution in [3.63, 3.8) is 0 Å². The first kappa shape index (κ1) is 12.6. The van der Waals surface area contributed by atoms with Crippen LogP contribution in [0.1, 0.15) is 32.3 Å². The van der Waals surface area contributed by atoms with E-state index >= 15 is 0 Å². The second-order valence-corrected chi connectivity index (χ2v) is 5.59. The first-order valence-corrected chi connectivity index (χ1v) is 6.60. The van der Waals surface area contributed by atoms with Gasteiger partial charge in [0.2, 0.25) is 0 Å². The average molecular weight is 233 g/mol. The van der Waals surface area contributed by atoms with Crippen molar-refractivity contribution in [2.24, 2.45) is 5.92 Å². The molecule has 1 aliphatic heterocycles. The van der Waals surface area contributed by atoms with Crippen molar-refractivity contribution in [2.45, 2.75) is 32.3 Å². The van der Waals surface area contributed by atoms with Gasteiger partial charge in [0, 0.05) is 19.6 Å². The minimum absolute atomic E-state index is 0.602. The third-order valence-corrected chi connectivity index (χ3v) is 3.62. The molecule has 2 rings (SSSR count). The molecular weight excluding hydrogens is 210 g/mol. The molecule has 1 aliphatic rings. The van der Waals surface area contributed by atoms with Crippen LogP contribution in [0, 0.1) is 5.92 Å². The Balaban J connectivity index is 1.98. The van der Waals surface area contributed by atoms with E-state index in [-0.39, 0.29) is 0 Å². The summed E-state index contributed by atoms with van der Waals surface area (Å²) in [5.74, 6) is 0.706. The van der Waals surface area contributed by atoms with Crippen molar-refractivity contribution in [3.05, 3.63) is 35.9 Å². The SMILES string of the molecule is CC(C)CN1CCC(O)(c2ccccc2)CC1. The second kappa shape index (κ2) is 5.19. The normalized spacial score (nSPS) is 20.7. The molecule has 1 N–H and O–H groups in total. The highest BCUT2D eigenvalue weighted by molar-refractivity contribution is 5.22. The number of hydrogen-bond donors (Lipinski definition) is 1. The molecular formula is C15H23NO. The Morgan fingerprint density at radius 2 is 1.76 bits per heavy atom. The molecule has 1 saturated heterocycles. The predicted molar refractivity (Wildman–Crippen MR) is 70.9 cm³/mol. The molecule has 0 aromatic heterocycles. The molecule has 17 heavy (non-hydrogen) atoms. The molecule has 0 atom stereocenters. The standard InChI is InChI=1S/C15H23NO/c1-13(2)12-16-10-8-15(17,9-11-16)14-6-4-3-5-7-14/h3-7,13,17H,8-12H2,1-2H3. The molecule has 0 bridgehead atoms. The minimum atomic E-state index is -0.602. The molecule has 0 radical (unpaired) electrons. The molecule has 1 fully saturated rings. The lowest BCUT2D eigenvalue weighted by atomic mass is 9.84. The summed E-state index contributed by atoms with van der Waals surface area (Å²) in [6, 6.07) is 10.1. The molecule has 2 nitrogen and oxygen atoms in total. The second-order valence-electron chi connectivity index (χ2n) is 5.59. The van der Waals surface area contributed by atoms with Gasteiger partial charge in [0.1, 0.15) is 0 Å². The molecule has 0 saturated carbocycles. The van der Waals surface area contributed by atoms with Crippen LogP contribution in [0.15, 0.2) is 30.3 Å². The lowest BCUT2D eigenvalue weighted by Crippen LogP contribution is -2.43. The Kier molecular flexibility index (Phi) is 3.85. The highest BCUT2D eigenvalue weighted by Crippen LogP contribution is 2.32. The highest BCUT2D eigenvalue weighted by Gasteiger charge is 2.33. The first-order chi connectivity index (χ1) is 8.10. The van der Waals surface area contributed by atoms with Crippen LogP contribution in [0.2, 0.25) is 0 Å². The van der Waals surface area contributed by atoms with E-state index in [1.165, 1.54) is 0 Å². The van der Waals surface area contributed by atoms with Crippen molar-refractivity contribution in [1.82, 2.24) is 4.90 Å². The average Bonchev–Trinajstić information content (AvgIpc) is 2.33. The number of aliphatic hydroxyl groups is 1. The van der Waals surface area contributed by atoms with Gasteiger partial charge in [0.25, 0.3) is 0 Å². The van der Waals surface area contributed by atoms with Crippen LogP contribution in [-0.2, 0) is 5.60 Å². The molecule has 0 aliphatic carbocycles. The lowest BCUT2D eigenvalue weighted by molar-refractivity contribution is -0.0279. The Hall–Kier alpha value is -0.860. The molecule has 0 spiro atoms. The van der Waals surface area contributed by atoms with Gasteiger partial charge in [-0.15, -0.1) is 0 Å². The maximum atomic E-state index is 10.7. The van der Waals surface area contributed by atoms with Gasteiger partial charge in [-0.25, -0.2) is 0 Å². The van der Waals surface area contributed by atoms with Gasteiger partial charge in [-0.3, -0.25) is 0 Å². The Labute approximate surface area is 104 Å². The third kappa shape index (κ3) is 3.08. The zero-order valence-electron chi connectivity index (χ0n) is 10.9. The van der Waals surface area contributed by atoms with Gasteiger partial charge in [-0.05, 0) is 24.3 Å². The summed E-state index contributed by atoms with van der Waals surface area (Å²) < 4.78 is 0. The Bertz CT molecular complexity index is 339. The summed E-state index contributed by atoms with van der Waals surface area (Å²) in [5.41, 5.74) is 0.471. The monoisotopic (exact) mass is 233 g/mol. The summed E-state index contributed by atoms with van der Waals surface area (Å²) in [4.78, 5) is 2.46. The van der Waals surface area contributed by atoms with Crippen LogP contribution in [0.4, 0.5) is 0 Å². The molecule has 1 aromatic rings. The van der Waals surface area contributed by atoms with Gasteiger partial charge >= 0.3 is 0 Å². The van der Waals surface area contributed by atoms with Crippen molar-refractivity contribution < 1.29 is 5.11 Å². The number of likely N-dealkylation sites (tertiary alicyclic amines) is 1. The first-order valence-electron chi connectivity index (χ1n) is 6.60. The van der Waals surface area contributed by atoms with Gasteiger partial charge in [0.15, 0.2) is 0 Å². The van der Waals surface area contributed by atoms with Crippen LogP contribution in [0.25, 0.3) is 0 Å². The summed E-state index contributed by atoms with van der Waals surface area (Å²) >= 11 is 0. The van der Waals surface area contributed by atoms with E-state index < -0.39 is 5.60 Å². The lowest BCUT2D eigenvalue weighted by Gasteiger charge is -2.39. The van der Waals surface area contributed by atoms with Crippen LogP contribution in [0.5, 0.6) is 0 Å².